The number of aromatic nitrogens is 3. The molecule has 0 aliphatic rings. The third kappa shape index (κ3) is 4.72. The van der Waals surface area contributed by atoms with E-state index in [0.29, 0.717) is 16.4 Å². The van der Waals surface area contributed by atoms with E-state index in [1.54, 1.807) is 23.0 Å². The minimum atomic E-state index is -0.322. The van der Waals surface area contributed by atoms with Gasteiger partial charge in [-0.1, -0.05) is 47.7 Å². The summed E-state index contributed by atoms with van der Waals surface area (Å²) in [5.74, 6) is 6.36. The SMILES string of the molecule is Cc1cc(C#Cc2ccccc2)cnc1NC(=O)c1cc(-c2cn(C)nc2C)ccc1Cl. The summed E-state index contributed by atoms with van der Waals surface area (Å²) >= 11 is 6.33. The van der Waals surface area contributed by atoms with E-state index in [0.717, 1.165) is 33.5 Å². The summed E-state index contributed by atoms with van der Waals surface area (Å²) in [6.45, 7) is 3.81. The molecule has 2 aromatic heterocycles. The lowest BCUT2D eigenvalue weighted by Gasteiger charge is -2.10. The predicted octanol–water partition coefficient (Wildman–Crippen LogP) is 5.40. The first-order valence-electron chi connectivity index (χ1n) is 10.1. The molecule has 4 rings (SSSR count). The summed E-state index contributed by atoms with van der Waals surface area (Å²) in [6.07, 6.45) is 3.57. The zero-order valence-corrected chi connectivity index (χ0v) is 18.7. The molecular formula is C26H21ClN4O. The summed E-state index contributed by atoms with van der Waals surface area (Å²) in [5, 5.41) is 7.60. The molecule has 2 heterocycles. The standard InChI is InChI=1S/C26H21ClN4O/c1-17-13-20(10-9-19-7-5-4-6-8-19)15-28-25(17)29-26(32)22-14-21(11-12-24(22)27)23-16-31(3)30-18(23)2/h4-8,11-16H,1-3H3,(H,28,29,32). The Hall–Kier alpha value is -3.88. The number of benzene rings is 2. The van der Waals surface area contributed by atoms with Crippen LogP contribution in [0.15, 0.2) is 67.0 Å². The average Bonchev–Trinajstić information content (AvgIpc) is 3.12. The van der Waals surface area contributed by atoms with E-state index in [2.05, 4.69) is 27.2 Å². The summed E-state index contributed by atoms with van der Waals surface area (Å²) in [4.78, 5) is 17.4. The smallest absolute Gasteiger partial charge is 0.258 e. The molecule has 1 amide bonds. The van der Waals surface area contributed by atoms with Crippen LogP contribution < -0.4 is 5.32 Å². The first-order chi connectivity index (χ1) is 15.4. The monoisotopic (exact) mass is 440 g/mol. The van der Waals surface area contributed by atoms with Gasteiger partial charge in [-0.05, 0) is 55.3 Å². The van der Waals surface area contributed by atoms with Crippen molar-refractivity contribution in [1.29, 1.82) is 0 Å². The van der Waals surface area contributed by atoms with Gasteiger partial charge in [-0.15, -0.1) is 0 Å². The van der Waals surface area contributed by atoms with E-state index in [1.165, 1.54) is 0 Å². The van der Waals surface area contributed by atoms with Crippen LogP contribution >= 0.6 is 11.6 Å². The van der Waals surface area contributed by atoms with Crippen molar-refractivity contribution >= 4 is 23.3 Å². The molecule has 2 aromatic carbocycles. The second-order valence-electron chi connectivity index (χ2n) is 7.46. The number of carbonyl (C=O) groups excluding carboxylic acids is 1. The summed E-state index contributed by atoms with van der Waals surface area (Å²) in [7, 11) is 1.86. The van der Waals surface area contributed by atoms with Crippen molar-refractivity contribution in [3.8, 4) is 23.0 Å². The van der Waals surface area contributed by atoms with Gasteiger partial charge in [0, 0.05) is 36.1 Å². The lowest BCUT2D eigenvalue weighted by atomic mass is 10.0. The van der Waals surface area contributed by atoms with Gasteiger partial charge in [-0.25, -0.2) is 4.98 Å². The van der Waals surface area contributed by atoms with Crippen molar-refractivity contribution in [2.45, 2.75) is 13.8 Å². The number of amides is 1. The van der Waals surface area contributed by atoms with Crippen LogP contribution in [0.5, 0.6) is 0 Å². The number of halogens is 1. The molecule has 158 valence electrons. The Bertz CT molecular complexity index is 1360. The second kappa shape index (κ2) is 9.09. The Morgan fingerprint density at radius 1 is 1.03 bits per heavy atom. The summed E-state index contributed by atoms with van der Waals surface area (Å²) in [5.41, 5.74) is 5.61. The minimum Gasteiger partial charge on any atom is -0.306 e. The zero-order chi connectivity index (χ0) is 22.7. The Balaban J connectivity index is 1.56. The first-order valence-corrected chi connectivity index (χ1v) is 10.4. The molecule has 0 atom stereocenters. The molecule has 6 heteroatoms. The van der Waals surface area contributed by atoms with E-state index in [1.807, 2.05) is 69.6 Å². The quantitative estimate of drug-likeness (QED) is 0.433. The predicted molar refractivity (Wildman–Crippen MR) is 128 cm³/mol. The first kappa shape index (κ1) is 21.4. The molecule has 0 bridgehead atoms. The zero-order valence-electron chi connectivity index (χ0n) is 18.0. The van der Waals surface area contributed by atoms with Crippen LogP contribution in [0, 0.1) is 25.7 Å². The van der Waals surface area contributed by atoms with Gasteiger partial charge < -0.3 is 5.32 Å². The maximum atomic E-state index is 13.0. The van der Waals surface area contributed by atoms with Gasteiger partial charge in [-0.3, -0.25) is 9.48 Å². The third-order valence-electron chi connectivity index (χ3n) is 4.97. The molecule has 32 heavy (non-hydrogen) atoms. The number of hydrogen-bond donors (Lipinski definition) is 1. The van der Waals surface area contributed by atoms with Crippen molar-refractivity contribution in [3.63, 3.8) is 0 Å². The largest absolute Gasteiger partial charge is 0.306 e. The number of aryl methyl sites for hydroxylation is 3. The van der Waals surface area contributed by atoms with E-state index >= 15 is 0 Å². The number of carbonyl (C=O) groups is 1. The fraction of sp³-hybridized carbons (Fsp3) is 0.115. The molecule has 0 aliphatic heterocycles. The van der Waals surface area contributed by atoms with Gasteiger partial charge in [0.15, 0.2) is 0 Å². The van der Waals surface area contributed by atoms with Crippen LogP contribution in [0.1, 0.15) is 32.7 Å². The molecule has 4 aromatic rings. The Morgan fingerprint density at radius 3 is 2.47 bits per heavy atom. The number of pyridine rings is 1. The fourth-order valence-corrected chi connectivity index (χ4v) is 3.57. The highest BCUT2D eigenvalue weighted by Gasteiger charge is 2.15. The van der Waals surface area contributed by atoms with Crippen molar-refractivity contribution in [2.24, 2.45) is 7.05 Å². The van der Waals surface area contributed by atoms with Crippen LogP contribution in [0.3, 0.4) is 0 Å². The maximum Gasteiger partial charge on any atom is 0.258 e. The van der Waals surface area contributed by atoms with Gasteiger partial charge in [0.25, 0.3) is 5.91 Å². The van der Waals surface area contributed by atoms with Crippen LogP contribution in [-0.4, -0.2) is 20.7 Å². The Labute approximate surface area is 192 Å². The lowest BCUT2D eigenvalue weighted by molar-refractivity contribution is 0.102. The molecule has 5 nitrogen and oxygen atoms in total. The molecule has 0 saturated carbocycles. The number of nitrogens with one attached hydrogen (secondary N) is 1. The molecule has 0 fully saturated rings. The lowest BCUT2D eigenvalue weighted by Crippen LogP contribution is -2.14. The topological polar surface area (TPSA) is 59.8 Å². The summed E-state index contributed by atoms with van der Waals surface area (Å²) in [6, 6.07) is 17.0. The average molecular weight is 441 g/mol. The van der Waals surface area contributed by atoms with E-state index < -0.39 is 0 Å². The fourth-order valence-electron chi connectivity index (χ4n) is 3.36. The van der Waals surface area contributed by atoms with Gasteiger partial charge in [0.05, 0.1) is 16.3 Å². The molecule has 1 N–H and O–H groups in total. The Morgan fingerprint density at radius 2 is 1.78 bits per heavy atom. The Kier molecular flexibility index (Phi) is 6.07. The third-order valence-corrected chi connectivity index (χ3v) is 5.30. The molecule has 0 aliphatic carbocycles. The van der Waals surface area contributed by atoms with Gasteiger partial charge in [0.1, 0.15) is 5.82 Å². The number of nitrogens with zero attached hydrogens (tertiary/aromatic N) is 3. The van der Waals surface area contributed by atoms with E-state index in [-0.39, 0.29) is 5.91 Å². The molecule has 0 unspecified atom stereocenters. The van der Waals surface area contributed by atoms with Crippen LogP contribution in [0.4, 0.5) is 5.82 Å². The normalized spacial score (nSPS) is 10.4. The molecular weight excluding hydrogens is 420 g/mol. The van der Waals surface area contributed by atoms with E-state index in [4.69, 9.17) is 11.6 Å². The van der Waals surface area contributed by atoms with Gasteiger partial charge in [-0.2, -0.15) is 5.10 Å². The van der Waals surface area contributed by atoms with Gasteiger partial charge in [0.2, 0.25) is 0 Å². The van der Waals surface area contributed by atoms with Gasteiger partial charge >= 0.3 is 0 Å². The highest BCUT2D eigenvalue weighted by Crippen LogP contribution is 2.28. The molecule has 0 radical (unpaired) electrons. The highest BCUT2D eigenvalue weighted by atomic mass is 35.5. The van der Waals surface area contributed by atoms with Crippen LogP contribution in [0.2, 0.25) is 5.02 Å². The number of anilines is 1. The van der Waals surface area contributed by atoms with E-state index in [9.17, 15) is 4.79 Å². The van der Waals surface area contributed by atoms with Crippen LogP contribution in [0.25, 0.3) is 11.1 Å². The molecule has 0 saturated heterocycles. The maximum absolute atomic E-state index is 13.0. The second-order valence-corrected chi connectivity index (χ2v) is 7.86. The number of hydrogen-bond acceptors (Lipinski definition) is 3. The summed E-state index contributed by atoms with van der Waals surface area (Å²) < 4.78 is 1.74. The van der Waals surface area contributed by atoms with Crippen molar-refractivity contribution in [1.82, 2.24) is 14.8 Å². The molecule has 0 spiro atoms. The van der Waals surface area contributed by atoms with Crippen molar-refractivity contribution < 1.29 is 4.79 Å². The van der Waals surface area contributed by atoms with Crippen LogP contribution in [-0.2, 0) is 7.05 Å². The van der Waals surface area contributed by atoms with Crippen molar-refractivity contribution in [3.05, 3.63) is 100.0 Å². The van der Waals surface area contributed by atoms with Crippen molar-refractivity contribution in [2.75, 3.05) is 5.32 Å². The minimum absolute atomic E-state index is 0.322. The number of rotatable bonds is 3. The highest BCUT2D eigenvalue weighted by molar-refractivity contribution is 6.34.